The summed E-state index contributed by atoms with van der Waals surface area (Å²) in [5, 5.41) is 3.12. The molecule has 2 atom stereocenters. The summed E-state index contributed by atoms with van der Waals surface area (Å²) < 4.78 is 37.1. The van der Waals surface area contributed by atoms with E-state index < -0.39 is 12.6 Å². The van der Waals surface area contributed by atoms with Crippen LogP contribution in [0.2, 0.25) is 0 Å². The number of hydrogen-bond donors (Lipinski definition) is 1. The molecule has 1 N–H and O–H groups in total. The topological polar surface area (TPSA) is 15.3 Å². The van der Waals surface area contributed by atoms with Crippen LogP contribution in [0, 0.1) is 5.92 Å². The lowest BCUT2D eigenvalue weighted by atomic mass is 9.91. The summed E-state index contributed by atoms with van der Waals surface area (Å²) >= 11 is 0. The molecule has 0 aromatic rings. The van der Waals surface area contributed by atoms with Gasteiger partial charge in [-0.05, 0) is 32.2 Å². The van der Waals surface area contributed by atoms with Crippen molar-refractivity contribution in [3.05, 3.63) is 0 Å². The van der Waals surface area contributed by atoms with E-state index in [1.165, 1.54) is 0 Å². The Balaban J connectivity index is 1.91. The molecule has 2 fully saturated rings. The molecule has 5 heteroatoms. The van der Waals surface area contributed by atoms with Crippen molar-refractivity contribution in [2.24, 2.45) is 5.92 Å². The Morgan fingerprint density at radius 3 is 2.44 bits per heavy atom. The maximum absolute atomic E-state index is 12.4. The van der Waals surface area contributed by atoms with Crippen molar-refractivity contribution in [2.75, 3.05) is 20.1 Å². The van der Waals surface area contributed by atoms with Crippen molar-refractivity contribution in [3.63, 3.8) is 0 Å². The second-order valence-corrected chi connectivity index (χ2v) is 5.09. The summed E-state index contributed by atoms with van der Waals surface area (Å²) in [6.45, 7) is 1.54. The normalized spacial score (nSPS) is 33.0. The molecule has 1 aliphatic carbocycles. The maximum Gasteiger partial charge on any atom is 0.389 e. The van der Waals surface area contributed by atoms with Crippen LogP contribution in [0.25, 0.3) is 0 Å². The van der Waals surface area contributed by atoms with Gasteiger partial charge in [-0.15, -0.1) is 0 Å². The molecule has 0 spiro atoms. The Morgan fingerprint density at radius 1 is 1.25 bits per heavy atom. The molecule has 2 rings (SSSR count). The number of alkyl halides is 3. The highest BCUT2D eigenvalue weighted by Crippen LogP contribution is 2.35. The van der Waals surface area contributed by atoms with E-state index in [4.69, 9.17) is 0 Å². The van der Waals surface area contributed by atoms with Gasteiger partial charge in [-0.1, -0.05) is 0 Å². The van der Waals surface area contributed by atoms with Gasteiger partial charge in [-0.3, -0.25) is 4.90 Å². The van der Waals surface area contributed by atoms with Crippen molar-refractivity contribution in [3.8, 4) is 0 Å². The molecule has 1 saturated heterocycles. The van der Waals surface area contributed by atoms with E-state index in [1.54, 1.807) is 0 Å². The van der Waals surface area contributed by atoms with Gasteiger partial charge in [-0.25, -0.2) is 0 Å². The van der Waals surface area contributed by atoms with Gasteiger partial charge in [0.25, 0.3) is 0 Å². The molecular weight excluding hydrogens is 217 g/mol. The number of halogens is 3. The molecule has 1 aliphatic heterocycles. The summed E-state index contributed by atoms with van der Waals surface area (Å²) in [5.41, 5.74) is 0. The van der Waals surface area contributed by atoms with Gasteiger partial charge in [0.2, 0.25) is 0 Å². The summed E-state index contributed by atoms with van der Waals surface area (Å²) in [7, 11) is 1.84. The molecule has 0 aromatic heterocycles. The van der Waals surface area contributed by atoms with E-state index in [1.807, 2.05) is 7.05 Å². The molecule has 1 saturated carbocycles. The van der Waals surface area contributed by atoms with E-state index >= 15 is 0 Å². The third-order valence-electron chi connectivity index (χ3n) is 3.56. The van der Waals surface area contributed by atoms with Crippen LogP contribution in [0.1, 0.15) is 25.7 Å². The van der Waals surface area contributed by atoms with Gasteiger partial charge in [-0.2, -0.15) is 13.2 Å². The van der Waals surface area contributed by atoms with Crippen LogP contribution in [0.3, 0.4) is 0 Å². The van der Waals surface area contributed by atoms with Crippen molar-refractivity contribution in [2.45, 2.75) is 43.9 Å². The lowest BCUT2D eigenvalue weighted by Crippen LogP contribution is -2.49. The van der Waals surface area contributed by atoms with E-state index in [0.717, 1.165) is 19.4 Å². The Kier molecular flexibility index (Phi) is 3.45. The minimum atomic E-state index is -4.02. The predicted octanol–water partition coefficient (Wildman–Crippen LogP) is 2.01. The van der Waals surface area contributed by atoms with Crippen LogP contribution in [0.15, 0.2) is 0 Å². The number of nitrogens with zero attached hydrogens (tertiary/aromatic N) is 1. The van der Waals surface area contributed by atoms with Crippen LogP contribution in [-0.2, 0) is 0 Å². The molecule has 94 valence electrons. The third-order valence-corrected chi connectivity index (χ3v) is 3.56. The molecule has 2 nitrogen and oxygen atoms in total. The van der Waals surface area contributed by atoms with Gasteiger partial charge < -0.3 is 5.32 Å². The molecule has 0 radical (unpaired) electrons. The zero-order valence-corrected chi connectivity index (χ0v) is 9.56. The van der Waals surface area contributed by atoms with Crippen LogP contribution >= 0.6 is 0 Å². The second-order valence-electron chi connectivity index (χ2n) is 5.09. The number of likely N-dealkylation sites (tertiary alicyclic amines) is 1. The first-order valence-corrected chi connectivity index (χ1v) is 5.96. The third kappa shape index (κ3) is 3.35. The fraction of sp³-hybridized carbons (Fsp3) is 1.00. The monoisotopic (exact) mass is 236 g/mol. The second kappa shape index (κ2) is 4.53. The Morgan fingerprint density at radius 2 is 1.94 bits per heavy atom. The molecule has 2 aliphatic rings. The summed E-state index contributed by atoms with van der Waals surface area (Å²) in [4.78, 5) is 2.24. The molecule has 2 unspecified atom stereocenters. The number of hydrogen-bond acceptors (Lipinski definition) is 2. The van der Waals surface area contributed by atoms with Gasteiger partial charge in [0.15, 0.2) is 0 Å². The average Bonchev–Trinajstić information content (AvgIpc) is 2.97. The average molecular weight is 236 g/mol. The fourth-order valence-electron chi connectivity index (χ4n) is 2.66. The van der Waals surface area contributed by atoms with Gasteiger partial charge >= 0.3 is 6.18 Å². The minimum absolute atomic E-state index is 0.224. The summed E-state index contributed by atoms with van der Waals surface area (Å²) in [5.74, 6) is -0.230. The first kappa shape index (κ1) is 12.2. The number of nitrogens with one attached hydrogen (secondary N) is 1. The Bertz CT molecular complexity index is 238. The van der Waals surface area contributed by atoms with E-state index in [0.29, 0.717) is 19.0 Å². The van der Waals surface area contributed by atoms with Crippen LogP contribution in [0.5, 0.6) is 0 Å². The van der Waals surface area contributed by atoms with Crippen molar-refractivity contribution in [1.29, 1.82) is 0 Å². The van der Waals surface area contributed by atoms with E-state index in [9.17, 15) is 13.2 Å². The predicted molar refractivity (Wildman–Crippen MR) is 56.2 cm³/mol. The number of rotatable bonds is 3. The standard InChI is InChI=1S/C11H19F3N2/c1-15-9-4-8(5-11(12,13)14)6-16(7-9)10-2-3-10/h8-10,15H,2-7H2,1H3. The highest BCUT2D eigenvalue weighted by atomic mass is 19.4. The molecule has 1 heterocycles. The lowest BCUT2D eigenvalue weighted by Gasteiger charge is -2.38. The van der Waals surface area contributed by atoms with Crippen molar-refractivity contribution < 1.29 is 13.2 Å². The van der Waals surface area contributed by atoms with Gasteiger partial charge in [0, 0.05) is 31.6 Å². The van der Waals surface area contributed by atoms with Gasteiger partial charge in [0.1, 0.15) is 0 Å². The zero-order valence-electron chi connectivity index (χ0n) is 9.56. The summed E-state index contributed by atoms with van der Waals surface area (Å²) in [6, 6.07) is 0.786. The molecule has 0 bridgehead atoms. The first-order chi connectivity index (χ1) is 7.48. The number of piperidine rings is 1. The quantitative estimate of drug-likeness (QED) is 0.806. The highest BCUT2D eigenvalue weighted by molar-refractivity contribution is 4.92. The SMILES string of the molecule is CNC1CC(CC(F)(F)F)CN(C2CC2)C1. The molecular formula is C11H19F3N2. The smallest absolute Gasteiger partial charge is 0.316 e. The van der Waals surface area contributed by atoms with Crippen molar-refractivity contribution in [1.82, 2.24) is 10.2 Å². The van der Waals surface area contributed by atoms with E-state index in [2.05, 4.69) is 10.2 Å². The lowest BCUT2D eigenvalue weighted by molar-refractivity contribution is -0.149. The highest BCUT2D eigenvalue weighted by Gasteiger charge is 2.40. The Labute approximate surface area is 94.2 Å². The van der Waals surface area contributed by atoms with Crippen LogP contribution in [0.4, 0.5) is 13.2 Å². The first-order valence-electron chi connectivity index (χ1n) is 5.96. The fourth-order valence-corrected chi connectivity index (χ4v) is 2.66. The molecule has 0 amide bonds. The zero-order chi connectivity index (χ0) is 11.8. The van der Waals surface area contributed by atoms with Crippen molar-refractivity contribution >= 4 is 0 Å². The Hall–Kier alpha value is -0.290. The van der Waals surface area contributed by atoms with Crippen LogP contribution < -0.4 is 5.32 Å². The van der Waals surface area contributed by atoms with Crippen LogP contribution in [-0.4, -0.2) is 43.3 Å². The number of likely N-dealkylation sites (N-methyl/N-ethyl adjacent to an activating group) is 1. The molecule has 0 aromatic carbocycles. The van der Waals surface area contributed by atoms with Gasteiger partial charge in [0.05, 0.1) is 0 Å². The minimum Gasteiger partial charge on any atom is -0.316 e. The molecule has 16 heavy (non-hydrogen) atoms. The summed E-state index contributed by atoms with van der Waals surface area (Å²) in [6.07, 6.45) is -1.67. The maximum atomic E-state index is 12.4. The van der Waals surface area contributed by atoms with E-state index in [-0.39, 0.29) is 12.0 Å². The largest absolute Gasteiger partial charge is 0.389 e.